The van der Waals surface area contributed by atoms with Gasteiger partial charge in [-0.25, -0.2) is 0 Å². The van der Waals surface area contributed by atoms with E-state index in [1.807, 2.05) is 19.1 Å². The minimum Gasteiger partial charge on any atom is -0.361 e. The van der Waals surface area contributed by atoms with Crippen LogP contribution in [-0.2, 0) is 11.3 Å². The van der Waals surface area contributed by atoms with Crippen molar-refractivity contribution in [2.24, 2.45) is 0 Å². The monoisotopic (exact) mass is 317 g/mol. The van der Waals surface area contributed by atoms with Gasteiger partial charge in [0, 0.05) is 31.6 Å². The van der Waals surface area contributed by atoms with Crippen molar-refractivity contribution in [2.45, 2.75) is 64.1 Å². The van der Waals surface area contributed by atoms with Crippen LogP contribution >= 0.6 is 0 Å². The van der Waals surface area contributed by atoms with E-state index in [0.29, 0.717) is 19.0 Å². The van der Waals surface area contributed by atoms with Gasteiger partial charge in [0.15, 0.2) is 0 Å². The van der Waals surface area contributed by atoms with Crippen molar-refractivity contribution in [1.82, 2.24) is 15.0 Å². The Morgan fingerprint density at radius 1 is 1.52 bits per heavy atom. The van der Waals surface area contributed by atoms with E-state index in [1.54, 1.807) is 0 Å². The van der Waals surface area contributed by atoms with Gasteiger partial charge in [-0.1, -0.05) is 18.2 Å². The van der Waals surface area contributed by atoms with Crippen LogP contribution in [0.3, 0.4) is 0 Å². The highest BCUT2D eigenvalue weighted by Gasteiger charge is 2.52. The molecule has 1 amide bonds. The first kappa shape index (κ1) is 16.2. The fraction of sp³-hybridized carbons (Fsp3) is 0.667. The second kappa shape index (κ2) is 6.48. The van der Waals surface area contributed by atoms with E-state index < -0.39 is 0 Å². The van der Waals surface area contributed by atoms with Crippen LogP contribution in [0, 0.1) is 6.92 Å². The fourth-order valence-electron chi connectivity index (χ4n) is 4.64. The van der Waals surface area contributed by atoms with Gasteiger partial charge in [0.05, 0.1) is 11.2 Å². The molecule has 2 aliphatic rings. The molecule has 0 aromatic carbocycles. The van der Waals surface area contributed by atoms with Crippen molar-refractivity contribution in [2.75, 3.05) is 13.1 Å². The minimum atomic E-state index is -0.0307. The topological polar surface area (TPSA) is 49.6 Å². The van der Waals surface area contributed by atoms with Crippen molar-refractivity contribution in [3.05, 3.63) is 30.2 Å². The Kier molecular flexibility index (Phi) is 4.57. The third kappa shape index (κ3) is 2.82. The Morgan fingerprint density at radius 2 is 2.35 bits per heavy atom. The number of aromatic nitrogens is 1. The van der Waals surface area contributed by atoms with Gasteiger partial charge in [0.2, 0.25) is 5.91 Å². The lowest BCUT2D eigenvalue weighted by molar-refractivity contribution is -0.134. The highest BCUT2D eigenvalue weighted by atomic mass is 16.5. The summed E-state index contributed by atoms with van der Waals surface area (Å²) in [7, 11) is 0. The Balaban J connectivity index is 1.85. The van der Waals surface area contributed by atoms with Crippen molar-refractivity contribution in [3.63, 3.8) is 0 Å². The number of carbonyl (C=O) groups is 1. The van der Waals surface area contributed by atoms with Crippen molar-refractivity contribution in [3.8, 4) is 0 Å². The second-order valence-corrected chi connectivity index (χ2v) is 6.82. The van der Waals surface area contributed by atoms with Gasteiger partial charge >= 0.3 is 0 Å². The van der Waals surface area contributed by atoms with Crippen LogP contribution in [0.2, 0.25) is 0 Å². The molecular weight excluding hydrogens is 290 g/mol. The molecule has 0 N–H and O–H groups in total. The maximum atomic E-state index is 12.4. The standard InChI is InChI=1S/C18H27N3O2/c1-4-10-21-17(22)7-9-18(21)8-6-11-20(16(18)5-2)13-15-12-14(3)23-19-15/h4,12,16H,1,5-11,13H2,2-3H3/t16-,18-/m1/s1. The van der Waals surface area contributed by atoms with Crippen molar-refractivity contribution >= 4 is 5.91 Å². The molecular formula is C18H27N3O2. The first-order chi connectivity index (χ1) is 11.1. The quantitative estimate of drug-likeness (QED) is 0.784. The first-order valence-electron chi connectivity index (χ1n) is 8.68. The second-order valence-electron chi connectivity index (χ2n) is 6.82. The maximum absolute atomic E-state index is 12.4. The number of hydrogen-bond acceptors (Lipinski definition) is 4. The summed E-state index contributed by atoms with van der Waals surface area (Å²) in [6.07, 6.45) is 6.75. The molecule has 5 heteroatoms. The molecule has 0 bridgehead atoms. The summed E-state index contributed by atoms with van der Waals surface area (Å²) in [4.78, 5) is 17.0. The average Bonchev–Trinajstić information content (AvgIpc) is 3.07. The molecule has 1 aromatic heterocycles. The van der Waals surface area contributed by atoms with Crippen LogP contribution in [-0.4, -0.2) is 45.5 Å². The number of carbonyl (C=O) groups excluding carboxylic acids is 1. The first-order valence-corrected chi connectivity index (χ1v) is 8.68. The summed E-state index contributed by atoms with van der Waals surface area (Å²) in [5, 5.41) is 4.15. The summed E-state index contributed by atoms with van der Waals surface area (Å²) in [5.41, 5.74) is 0.953. The summed E-state index contributed by atoms with van der Waals surface area (Å²) >= 11 is 0. The average molecular weight is 317 g/mol. The predicted octanol–water partition coefficient (Wildman–Crippen LogP) is 2.90. The number of likely N-dealkylation sites (tertiary alicyclic amines) is 2. The normalized spacial score (nSPS) is 28.7. The lowest BCUT2D eigenvalue weighted by Gasteiger charge is -2.52. The SMILES string of the molecule is C=CCN1C(=O)CC[C@@]12CCCN(Cc1cc(C)on1)[C@@H]2CC. The maximum Gasteiger partial charge on any atom is 0.223 e. The lowest BCUT2D eigenvalue weighted by Crippen LogP contribution is -2.62. The van der Waals surface area contributed by atoms with Gasteiger partial charge in [-0.2, -0.15) is 0 Å². The number of hydrogen-bond donors (Lipinski definition) is 0. The van der Waals surface area contributed by atoms with Gasteiger partial charge in [0.25, 0.3) is 0 Å². The largest absolute Gasteiger partial charge is 0.361 e. The van der Waals surface area contributed by atoms with E-state index in [0.717, 1.165) is 50.2 Å². The molecule has 2 atom stereocenters. The number of amides is 1. The molecule has 0 saturated carbocycles. The lowest BCUT2D eigenvalue weighted by atomic mass is 9.77. The van der Waals surface area contributed by atoms with Gasteiger partial charge < -0.3 is 9.42 Å². The number of piperidine rings is 1. The highest BCUT2D eigenvalue weighted by Crippen LogP contribution is 2.43. The van der Waals surface area contributed by atoms with Gasteiger partial charge in [-0.05, 0) is 39.2 Å². The smallest absolute Gasteiger partial charge is 0.223 e. The molecule has 1 spiro atoms. The van der Waals surface area contributed by atoms with Crippen LogP contribution in [0.4, 0.5) is 0 Å². The third-order valence-electron chi connectivity index (χ3n) is 5.47. The van der Waals surface area contributed by atoms with Crippen LogP contribution in [0.1, 0.15) is 50.5 Å². The minimum absolute atomic E-state index is 0.0307. The number of rotatable bonds is 5. The van der Waals surface area contributed by atoms with Crippen molar-refractivity contribution in [1.29, 1.82) is 0 Å². The zero-order chi connectivity index (χ0) is 16.4. The van der Waals surface area contributed by atoms with Gasteiger partial charge in [-0.15, -0.1) is 6.58 Å². The van der Waals surface area contributed by atoms with E-state index in [9.17, 15) is 4.79 Å². The molecule has 0 aliphatic carbocycles. The van der Waals surface area contributed by atoms with Crippen LogP contribution in [0.25, 0.3) is 0 Å². The van der Waals surface area contributed by atoms with E-state index in [-0.39, 0.29) is 11.4 Å². The predicted molar refractivity (Wildman–Crippen MR) is 88.8 cm³/mol. The zero-order valence-electron chi connectivity index (χ0n) is 14.3. The highest BCUT2D eigenvalue weighted by molar-refractivity contribution is 5.80. The number of nitrogens with zero attached hydrogens (tertiary/aromatic N) is 3. The summed E-state index contributed by atoms with van der Waals surface area (Å²) in [6, 6.07) is 2.38. The van der Waals surface area contributed by atoms with Gasteiger partial charge in [0.1, 0.15) is 5.76 Å². The molecule has 5 nitrogen and oxygen atoms in total. The molecule has 0 radical (unpaired) electrons. The fourth-order valence-corrected chi connectivity index (χ4v) is 4.64. The van der Waals surface area contributed by atoms with E-state index in [1.165, 1.54) is 0 Å². The van der Waals surface area contributed by atoms with E-state index in [4.69, 9.17) is 4.52 Å². The Morgan fingerprint density at radius 3 is 3.00 bits per heavy atom. The Labute approximate surface area is 138 Å². The zero-order valence-corrected chi connectivity index (χ0v) is 14.3. The molecule has 2 fully saturated rings. The molecule has 0 unspecified atom stereocenters. The van der Waals surface area contributed by atoms with E-state index in [2.05, 4.69) is 28.5 Å². The molecule has 1 aromatic rings. The molecule has 23 heavy (non-hydrogen) atoms. The molecule has 3 rings (SSSR count). The van der Waals surface area contributed by atoms with Crippen LogP contribution in [0.5, 0.6) is 0 Å². The Hall–Kier alpha value is -1.62. The van der Waals surface area contributed by atoms with Crippen LogP contribution < -0.4 is 0 Å². The summed E-state index contributed by atoms with van der Waals surface area (Å²) in [5.74, 6) is 1.13. The molecule has 3 heterocycles. The third-order valence-corrected chi connectivity index (χ3v) is 5.47. The Bertz CT molecular complexity index is 583. The molecule has 2 saturated heterocycles. The summed E-state index contributed by atoms with van der Waals surface area (Å²) < 4.78 is 5.21. The van der Waals surface area contributed by atoms with Crippen LogP contribution in [0.15, 0.2) is 23.2 Å². The van der Waals surface area contributed by atoms with Gasteiger partial charge in [-0.3, -0.25) is 9.69 Å². The van der Waals surface area contributed by atoms with E-state index >= 15 is 0 Å². The molecule has 2 aliphatic heterocycles. The molecule has 126 valence electrons. The number of aryl methyl sites for hydroxylation is 1. The summed E-state index contributed by atoms with van der Waals surface area (Å²) in [6.45, 7) is 10.5. The van der Waals surface area contributed by atoms with Crippen molar-refractivity contribution < 1.29 is 9.32 Å².